The van der Waals surface area contributed by atoms with Gasteiger partial charge in [-0.1, -0.05) is 12.8 Å². The largest absolute Gasteiger partial charge is 0.379 e. The van der Waals surface area contributed by atoms with Gasteiger partial charge in [-0.2, -0.15) is 0 Å². The number of hydrogen-bond donors (Lipinski definition) is 2. The lowest BCUT2D eigenvalue weighted by Gasteiger charge is -2.15. The average molecular weight is 284 g/mol. The van der Waals surface area contributed by atoms with E-state index >= 15 is 0 Å². The molecule has 2 N–H and O–H groups in total. The first-order chi connectivity index (χ1) is 9.86. The molecule has 2 rings (SSSR count). The molecule has 0 aliphatic carbocycles. The zero-order valence-corrected chi connectivity index (χ0v) is 12.4. The molecule has 1 amide bonds. The van der Waals surface area contributed by atoms with E-state index in [0.717, 1.165) is 45.3 Å². The number of amides is 1. The van der Waals surface area contributed by atoms with Crippen molar-refractivity contribution < 1.29 is 14.3 Å². The molecule has 2 fully saturated rings. The normalized spacial score (nSPS) is 27.2. The first-order valence-corrected chi connectivity index (χ1v) is 8.07. The van der Waals surface area contributed by atoms with Crippen LogP contribution in [0.25, 0.3) is 0 Å². The first-order valence-electron chi connectivity index (χ1n) is 8.07. The summed E-state index contributed by atoms with van der Waals surface area (Å²) >= 11 is 0. The van der Waals surface area contributed by atoms with E-state index in [9.17, 15) is 4.79 Å². The van der Waals surface area contributed by atoms with Crippen LogP contribution in [0.3, 0.4) is 0 Å². The van der Waals surface area contributed by atoms with Crippen molar-refractivity contribution in [3.8, 4) is 0 Å². The van der Waals surface area contributed by atoms with Gasteiger partial charge in [0.25, 0.3) is 0 Å². The van der Waals surface area contributed by atoms with Crippen molar-refractivity contribution in [3.05, 3.63) is 0 Å². The van der Waals surface area contributed by atoms with Crippen molar-refractivity contribution >= 4 is 5.91 Å². The van der Waals surface area contributed by atoms with E-state index in [2.05, 4.69) is 10.6 Å². The Morgan fingerprint density at radius 3 is 3.05 bits per heavy atom. The molecule has 2 aliphatic rings. The lowest BCUT2D eigenvalue weighted by Crippen LogP contribution is -2.44. The maximum Gasteiger partial charge on any atom is 0.237 e. The highest BCUT2D eigenvalue weighted by Gasteiger charge is 2.18. The number of rotatable bonds is 7. The van der Waals surface area contributed by atoms with E-state index in [1.165, 1.54) is 12.8 Å². The smallest absolute Gasteiger partial charge is 0.237 e. The van der Waals surface area contributed by atoms with Gasteiger partial charge in [0.15, 0.2) is 0 Å². The maximum absolute atomic E-state index is 12.0. The predicted octanol–water partition coefficient (Wildman–Crippen LogP) is 1.22. The molecule has 2 heterocycles. The molecular weight excluding hydrogens is 256 g/mol. The molecule has 0 spiro atoms. The average Bonchev–Trinajstić information content (AvgIpc) is 2.82. The molecule has 0 bridgehead atoms. The maximum atomic E-state index is 12.0. The summed E-state index contributed by atoms with van der Waals surface area (Å²) in [6.07, 6.45) is 7.94. The Bertz CT molecular complexity index is 272. The highest BCUT2D eigenvalue weighted by molar-refractivity contribution is 5.81. The van der Waals surface area contributed by atoms with E-state index < -0.39 is 0 Å². The number of carbonyl (C=O) groups is 1. The molecule has 0 aromatic heterocycles. The van der Waals surface area contributed by atoms with E-state index in [-0.39, 0.29) is 11.9 Å². The SMILES string of the molecule is O=C(NCCCOCC1CCCO1)C1CCCCCN1. The fraction of sp³-hybridized carbons (Fsp3) is 0.933. The molecule has 5 heteroatoms. The van der Waals surface area contributed by atoms with Gasteiger partial charge in [-0.25, -0.2) is 0 Å². The minimum atomic E-state index is 0.00491. The Morgan fingerprint density at radius 1 is 1.25 bits per heavy atom. The lowest BCUT2D eigenvalue weighted by atomic mass is 10.1. The van der Waals surface area contributed by atoms with Gasteiger partial charge >= 0.3 is 0 Å². The van der Waals surface area contributed by atoms with Gasteiger partial charge in [0.1, 0.15) is 0 Å². The van der Waals surface area contributed by atoms with Crippen molar-refractivity contribution in [2.24, 2.45) is 0 Å². The lowest BCUT2D eigenvalue weighted by molar-refractivity contribution is -0.123. The molecule has 0 aromatic carbocycles. The zero-order chi connectivity index (χ0) is 14.0. The molecular formula is C15H28N2O3. The van der Waals surface area contributed by atoms with Crippen molar-refractivity contribution in [2.45, 2.75) is 57.1 Å². The second-order valence-electron chi connectivity index (χ2n) is 5.71. The Labute approximate surface area is 121 Å². The third-order valence-corrected chi connectivity index (χ3v) is 3.97. The van der Waals surface area contributed by atoms with E-state index in [4.69, 9.17) is 9.47 Å². The van der Waals surface area contributed by atoms with Gasteiger partial charge < -0.3 is 20.1 Å². The van der Waals surface area contributed by atoms with E-state index in [0.29, 0.717) is 25.9 Å². The summed E-state index contributed by atoms with van der Waals surface area (Å²) in [5.41, 5.74) is 0. The zero-order valence-electron chi connectivity index (χ0n) is 12.4. The fourth-order valence-corrected chi connectivity index (χ4v) is 2.75. The standard InChI is InChI=1S/C15H28N2O3/c18-15(14-7-2-1-3-8-16-14)17-9-5-10-19-12-13-6-4-11-20-13/h13-14,16H,1-12H2,(H,17,18). The van der Waals surface area contributed by atoms with Crippen LogP contribution in [0, 0.1) is 0 Å². The molecule has 116 valence electrons. The number of carbonyl (C=O) groups excluding carboxylic acids is 1. The summed E-state index contributed by atoms with van der Waals surface area (Å²) in [5.74, 6) is 0.144. The van der Waals surface area contributed by atoms with Crippen LogP contribution < -0.4 is 10.6 Å². The van der Waals surface area contributed by atoms with Gasteiger partial charge in [-0.15, -0.1) is 0 Å². The summed E-state index contributed by atoms with van der Waals surface area (Å²) in [4.78, 5) is 12.0. The number of ether oxygens (including phenoxy) is 2. The molecule has 0 aromatic rings. The van der Waals surface area contributed by atoms with Crippen LogP contribution in [-0.2, 0) is 14.3 Å². The van der Waals surface area contributed by atoms with Crippen LogP contribution in [0.2, 0.25) is 0 Å². The second-order valence-corrected chi connectivity index (χ2v) is 5.71. The molecule has 5 nitrogen and oxygen atoms in total. The topological polar surface area (TPSA) is 59.6 Å². The fourth-order valence-electron chi connectivity index (χ4n) is 2.75. The van der Waals surface area contributed by atoms with Crippen molar-refractivity contribution in [2.75, 3.05) is 32.9 Å². The molecule has 2 unspecified atom stereocenters. The van der Waals surface area contributed by atoms with Crippen molar-refractivity contribution in [1.82, 2.24) is 10.6 Å². The van der Waals surface area contributed by atoms with Crippen LogP contribution in [0.15, 0.2) is 0 Å². The molecule has 0 saturated carbocycles. The van der Waals surface area contributed by atoms with Gasteiger partial charge in [0.2, 0.25) is 5.91 Å². The molecule has 2 aliphatic heterocycles. The van der Waals surface area contributed by atoms with Gasteiger partial charge in [0, 0.05) is 19.8 Å². The van der Waals surface area contributed by atoms with Crippen molar-refractivity contribution in [1.29, 1.82) is 0 Å². The Balaban J connectivity index is 1.46. The summed E-state index contributed by atoms with van der Waals surface area (Å²) in [6, 6.07) is 0.00491. The third-order valence-electron chi connectivity index (χ3n) is 3.97. The summed E-state index contributed by atoms with van der Waals surface area (Å²) in [5, 5.41) is 6.31. The molecule has 0 radical (unpaired) electrons. The highest BCUT2D eigenvalue weighted by Crippen LogP contribution is 2.12. The van der Waals surface area contributed by atoms with Gasteiger partial charge in [0.05, 0.1) is 18.8 Å². The van der Waals surface area contributed by atoms with Crippen LogP contribution in [0.1, 0.15) is 44.9 Å². The highest BCUT2D eigenvalue weighted by atomic mass is 16.5. The minimum Gasteiger partial charge on any atom is -0.379 e. The quantitative estimate of drug-likeness (QED) is 0.690. The van der Waals surface area contributed by atoms with Crippen LogP contribution in [0.4, 0.5) is 0 Å². The third kappa shape index (κ3) is 5.77. The van der Waals surface area contributed by atoms with E-state index in [1.54, 1.807) is 0 Å². The molecule has 2 atom stereocenters. The molecule has 20 heavy (non-hydrogen) atoms. The van der Waals surface area contributed by atoms with Crippen LogP contribution in [-0.4, -0.2) is 51.0 Å². The Kier molecular flexibility index (Phi) is 7.33. The van der Waals surface area contributed by atoms with Crippen LogP contribution >= 0.6 is 0 Å². The minimum absolute atomic E-state index is 0.00491. The van der Waals surface area contributed by atoms with Gasteiger partial charge in [-0.05, 0) is 38.6 Å². The number of nitrogens with one attached hydrogen (secondary N) is 2. The predicted molar refractivity (Wildman–Crippen MR) is 77.7 cm³/mol. The Morgan fingerprint density at radius 2 is 2.20 bits per heavy atom. The monoisotopic (exact) mass is 284 g/mol. The summed E-state index contributed by atoms with van der Waals surface area (Å²) < 4.78 is 11.1. The van der Waals surface area contributed by atoms with Crippen molar-refractivity contribution in [3.63, 3.8) is 0 Å². The van der Waals surface area contributed by atoms with E-state index in [1.807, 2.05) is 0 Å². The summed E-state index contributed by atoms with van der Waals surface area (Å²) in [6.45, 7) is 3.92. The molecule has 2 saturated heterocycles. The first kappa shape index (κ1) is 15.7. The number of hydrogen-bond acceptors (Lipinski definition) is 4. The van der Waals surface area contributed by atoms with Gasteiger partial charge in [-0.3, -0.25) is 4.79 Å². The Hall–Kier alpha value is -0.650. The summed E-state index contributed by atoms with van der Waals surface area (Å²) in [7, 11) is 0. The second kappa shape index (κ2) is 9.32. The van der Waals surface area contributed by atoms with Crippen LogP contribution in [0.5, 0.6) is 0 Å².